The van der Waals surface area contributed by atoms with E-state index in [9.17, 15) is 0 Å². The number of allylic oxidation sites excluding steroid dienone is 2. The van der Waals surface area contributed by atoms with Crippen molar-refractivity contribution in [3.05, 3.63) is 41.5 Å². The molecule has 0 unspecified atom stereocenters. The van der Waals surface area contributed by atoms with Gasteiger partial charge in [-0.3, -0.25) is 0 Å². The highest BCUT2D eigenvalue weighted by Gasteiger charge is 1.75. The molecule has 0 heterocycles. The number of anilines is 1. The van der Waals surface area contributed by atoms with Gasteiger partial charge in [-0.05, 0) is 39.8 Å². The van der Waals surface area contributed by atoms with Crippen LogP contribution >= 0.6 is 0 Å². The first-order chi connectivity index (χ1) is 7.04. The fourth-order valence-electron chi connectivity index (χ4n) is 0.453. The van der Waals surface area contributed by atoms with Gasteiger partial charge in [0.25, 0.3) is 0 Å². The maximum absolute atomic E-state index is 5.36. The van der Waals surface area contributed by atoms with Crippen molar-refractivity contribution in [3.63, 3.8) is 0 Å². The van der Waals surface area contributed by atoms with Gasteiger partial charge in [0.05, 0.1) is 0 Å². The second kappa shape index (κ2) is 10.8. The summed E-state index contributed by atoms with van der Waals surface area (Å²) >= 11 is 0. The van der Waals surface area contributed by atoms with Gasteiger partial charge in [-0.2, -0.15) is 0 Å². The highest BCUT2D eigenvalue weighted by Crippen LogP contribution is 1.97. The zero-order valence-electron chi connectivity index (χ0n) is 11.0. The Bertz CT molecular complexity index is 242. The first-order valence-corrected chi connectivity index (χ1v) is 5.45. The molecule has 2 N–H and O–H groups in total. The molecule has 1 aromatic carbocycles. The van der Waals surface area contributed by atoms with Crippen molar-refractivity contribution in [2.75, 3.05) is 5.73 Å². The summed E-state index contributed by atoms with van der Waals surface area (Å²) in [6.45, 7) is 12.5. The molecule has 0 amide bonds. The predicted octanol–water partition coefficient (Wildman–Crippen LogP) is 4.66. The van der Waals surface area contributed by atoms with Crippen LogP contribution in [0.25, 0.3) is 0 Å². The van der Waals surface area contributed by atoms with Crippen molar-refractivity contribution in [2.24, 2.45) is 0 Å². The van der Waals surface area contributed by atoms with E-state index in [1.54, 1.807) is 0 Å². The van der Waals surface area contributed by atoms with E-state index in [-0.39, 0.29) is 0 Å². The van der Waals surface area contributed by atoms with Crippen LogP contribution in [0.4, 0.5) is 5.69 Å². The van der Waals surface area contributed by atoms with Crippen LogP contribution in [0.15, 0.2) is 41.5 Å². The molecule has 0 aliphatic rings. The van der Waals surface area contributed by atoms with Gasteiger partial charge in [-0.1, -0.05) is 43.2 Å². The average Bonchev–Trinajstić information content (AvgIpc) is 2.22. The zero-order valence-corrected chi connectivity index (χ0v) is 11.0. The van der Waals surface area contributed by atoms with Gasteiger partial charge in [0.15, 0.2) is 0 Å². The molecule has 1 rings (SSSR count). The quantitative estimate of drug-likeness (QED) is 0.486. The van der Waals surface area contributed by atoms with Crippen molar-refractivity contribution < 1.29 is 0 Å². The van der Waals surface area contributed by atoms with E-state index in [4.69, 9.17) is 5.73 Å². The standard InChI is InChI=1S/C6H7N.C6H12.C2H6/c7-6-4-2-1-3-5-6;1-5(2)6(3)4;1-2/h1-5H,7H2;1-4H3;1-2H3. The Morgan fingerprint density at radius 1 is 0.800 bits per heavy atom. The summed E-state index contributed by atoms with van der Waals surface area (Å²) in [6, 6.07) is 9.49. The van der Waals surface area contributed by atoms with E-state index in [1.165, 1.54) is 11.1 Å². The molecule has 1 heteroatoms. The maximum Gasteiger partial charge on any atom is 0.0313 e. The summed E-state index contributed by atoms with van der Waals surface area (Å²) in [7, 11) is 0. The van der Waals surface area contributed by atoms with E-state index in [0.717, 1.165) is 5.69 Å². The number of benzene rings is 1. The van der Waals surface area contributed by atoms with E-state index < -0.39 is 0 Å². The average molecular weight is 207 g/mol. The second-order valence-corrected chi connectivity index (χ2v) is 3.41. The van der Waals surface area contributed by atoms with Crippen LogP contribution in [0.5, 0.6) is 0 Å². The Hall–Kier alpha value is -1.24. The van der Waals surface area contributed by atoms with Crippen molar-refractivity contribution in [1.82, 2.24) is 0 Å². The lowest BCUT2D eigenvalue weighted by atomic mass is 10.2. The molecule has 0 saturated carbocycles. The topological polar surface area (TPSA) is 26.0 Å². The van der Waals surface area contributed by atoms with Crippen molar-refractivity contribution in [3.8, 4) is 0 Å². The summed E-state index contributed by atoms with van der Waals surface area (Å²) in [5, 5.41) is 0. The van der Waals surface area contributed by atoms with Gasteiger partial charge in [-0.15, -0.1) is 0 Å². The molecular formula is C14H25N. The lowest BCUT2D eigenvalue weighted by Gasteiger charge is -1.88. The smallest absolute Gasteiger partial charge is 0.0313 e. The molecular weight excluding hydrogens is 182 g/mol. The fourth-order valence-corrected chi connectivity index (χ4v) is 0.453. The Morgan fingerprint density at radius 3 is 1.27 bits per heavy atom. The largest absolute Gasteiger partial charge is 0.399 e. The van der Waals surface area contributed by atoms with Crippen molar-refractivity contribution >= 4 is 5.69 Å². The Balaban J connectivity index is 0. The molecule has 86 valence electrons. The normalized spacial score (nSPS) is 7.60. The van der Waals surface area contributed by atoms with E-state index in [0.29, 0.717) is 0 Å². The maximum atomic E-state index is 5.36. The highest BCUT2D eigenvalue weighted by molar-refractivity contribution is 5.35. The molecule has 1 aromatic rings. The third kappa shape index (κ3) is 12.8. The third-order valence-electron chi connectivity index (χ3n) is 1.80. The molecule has 15 heavy (non-hydrogen) atoms. The Morgan fingerprint density at radius 2 is 1.13 bits per heavy atom. The van der Waals surface area contributed by atoms with Gasteiger partial charge in [0.1, 0.15) is 0 Å². The Kier molecular flexibility index (Phi) is 11.7. The molecule has 1 nitrogen and oxygen atoms in total. The molecule has 0 aromatic heterocycles. The molecule has 0 saturated heterocycles. The summed E-state index contributed by atoms with van der Waals surface area (Å²) in [5.41, 5.74) is 9.03. The van der Waals surface area contributed by atoms with Crippen molar-refractivity contribution in [1.29, 1.82) is 0 Å². The summed E-state index contributed by atoms with van der Waals surface area (Å²) in [4.78, 5) is 0. The zero-order chi connectivity index (χ0) is 12.3. The Labute approximate surface area is 95.0 Å². The van der Waals surface area contributed by atoms with Crippen LogP contribution in [-0.2, 0) is 0 Å². The third-order valence-corrected chi connectivity index (χ3v) is 1.80. The first-order valence-electron chi connectivity index (χ1n) is 5.45. The molecule has 0 spiro atoms. The van der Waals surface area contributed by atoms with Gasteiger partial charge >= 0.3 is 0 Å². The number of nitrogens with two attached hydrogens (primary N) is 1. The predicted molar refractivity (Wildman–Crippen MR) is 71.9 cm³/mol. The van der Waals surface area contributed by atoms with E-state index in [2.05, 4.69) is 27.7 Å². The molecule has 0 bridgehead atoms. The van der Waals surface area contributed by atoms with Gasteiger partial charge in [0.2, 0.25) is 0 Å². The SMILES string of the molecule is CC.CC(C)=C(C)C.Nc1ccccc1. The van der Waals surface area contributed by atoms with Crippen LogP contribution < -0.4 is 5.73 Å². The number of nitrogen functional groups attached to an aromatic ring is 1. The van der Waals surface area contributed by atoms with Crippen molar-refractivity contribution in [2.45, 2.75) is 41.5 Å². The second-order valence-electron chi connectivity index (χ2n) is 3.41. The molecule has 0 aliphatic heterocycles. The summed E-state index contributed by atoms with van der Waals surface area (Å²) in [6.07, 6.45) is 0. The summed E-state index contributed by atoms with van der Waals surface area (Å²) in [5.74, 6) is 0. The van der Waals surface area contributed by atoms with Crippen LogP contribution in [0.2, 0.25) is 0 Å². The lowest BCUT2D eigenvalue weighted by Crippen LogP contribution is -1.79. The molecule has 0 atom stereocenters. The minimum atomic E-state index is 0.822. The number of rotatable bonds is 0. The van der Waals surface area contributed by atoms with Crippen LogP contribution in [0.3, 0.4) is 0 Å². The first kappa shape index (κ1) is 16.2. The number of hydrogen-bond donors (Lipinski definition) is 1. The summed E-state index contributed by atoms with van der Waals surface area (Å²) < 4.78 is 0. The minimum Gasteiger partial charge on any atom is -0.399 e. The fraction of sp³-hybridized carbons (Fsp3) is 0.429. The van der Waals surface area contributed by atoms with Crippen LogP contribution in [0.1, 0.15) is 41.5 Å². The van der Waals surface area contributed by atoms with E-state index >= 15 is 0 Å². The molecule has 0 aliphatic carbocycles. The van der Waals surface area contributed by atoms with Crippen LogP contribution in [0, 0.1) is 0 Å². The van der Waals surface area contributed by atoms with Gasteiger partial charge in [0, 0.05) is 5.69 Å². The minimum absolute atomic E-state index is 0.822. The molecule has 0 radical (unpaired) electrons. The van der Waals surface area contributed by atoms with E-state index in [1.807, 2.05) is 44.2 Å². The molecule has 0 fully saturated rings. The lowest BCUT2D eigenvalue weighted by molar-refractivity contribution is 1.23. The number of hydrogen-bond acceptors (Lipinski definition) is 1. The highest BCUT2D eigenvalue weighted by atomic mass is 14.5. The van der Waals surface area contributed by atoms with Gasteiger partial charge < -0.3 is 5.73 Å². The number of para-hydroxylation sites is 1. The van der Waals surface area contributed by atoms with Crippen LogP contribution in [-0.4, -0.2) is 0 Å². The monoisotopic (exact) mass is 207 g/mol. The van der Waals surface area contributed by atoms with Gasteiger partial charge in [-0.25, -0.2) is 0 Å².